The molecule has 0 saturated carbocycles. The van der Waals surface area contributed by atoms with Gasteiger partial charge in [-0.05, 0) is 24.5 Å². The summed E-state index contributed by atoms with van der Waals surface area (Å²) in [4.78, 5) is 17.7. The molecule has 2 N–H and O–H groups in total. The van der Waals surface area contributed by atoms with Crippen molar-refractivity contribution in [1.82, 2.24) is 9.88 Å². The third-order valence-electron chi connectivity index (χ3n) is 3.66. The van der Waals surface area contributed by atoms with Gasteiger partial charge >= 0.3 is 0 Å². The van der Waals surface area contributed by atoms with Gasteiger partial charge in [0, 0.05) is 44.4 Å². The van der Waals surface area contributed by atoms with Gasteiger partial charge in [-0.15, -0.1) is 0 Å². The van der Waals surface area contributed by atoms with E-state index >= 15 is 0 Å². The number of carbonyl (C=O) groups is 1. The maximum Gasteiger partial charge on any atom is 0.222 e. The predicted molar refractivity (Wildman–Crippen MR) is 70.3 cm³/mol. The fraction of sp³-hybridized carbons (Fsp3) is 0.571. The van der Waals surface area contributed by atoms with E-state index in [9.17, 15) is 9.90 Å². The largest absolute Gasteiger partial charge is 0.396 e. The van der Waals surface area contributed by atoms with Gasteiger partial charge < -0.3 is 15.1 Å². The Morgan fingerprint density at radius 3 is 3.00 bits per heavy atom. The van der Waals surface area contributed by atoms with Gasteiger partial charge in [0.05, 0.1) is 6.10 Å². The average Bonchev–Trinajstić information content (AvgIpc) is 2.45. The molecule has 5 heteroatoms. The molecule has 0 aliphatic carbocycles. The Bertz CT molecular complexity index is 410. The van der Waals surface area contributed by atoms with Crippen molar-refractivity contribution in [3.05, 3.63) is 30.1 Å². The van der Waals surface area contributed by atoms with Crippen molar-refractivity contribution in [2.24, 2.45) is 5.92 Å². The molecular weight excluding hydrogens is 244 g/mol. The number of aliphatic hydroxyl groups excluding tert-OH is 2. The summed E-state index contributed by atoms with van der Waals surface area (Å²) in [5.41, 5.74) is 1.04. The van der Waals surface area contributed by atoms with Crippen LogP contribution < -0.4 is 0 Å². The number of β-amino-alcohol motifs (C(OH)–C–C–N with tert-alkyl or cyclic N) is 1. The molecule has 2 heterocycles. The second kappa shape index (κ2) is 6.63. The quantitative estimate of drug-likeness (QED) is 0.815. The summed E-state index contributed by atoms with van der Waals surface area (Å²) in [6.45, 7) is 0.935. The minimum atomic E-state index is -0.610. The van der Waals surface area contributed by atoms with Crippen LogP contribution >= 0.6 is 0 Å². The smallest absolute Gasteiger partial charge is 0.222 e. The fourth-order valence-electron chi connectivity index (χ4n) is 2.38. The molecule has 1 aromatic rings. The summed E-state index contributed by atoms with van der Waals surface area (Å²) in [7, 11) is 0. The van der Waals surface area contributed by atoms with Crippen LogP contribution in [0.15, 0.2) is 24.5 Å². The third-order valence-corrected chi connectivity index (χ3v) is 3.66. The third kappa shape index (κ3) is 3.75. The SMILES string of the molecule is O=C(CCc1cccnc1)N1CC[C@H](CO)[C@H](O)C1. The Balaban J connectivity index is 1.81. The highest BCUT2D eigenvalue weighted by Gasteiger charge is 2.29. The number of hydrogen-bond acceptors (Lipinski definition) is 4. The molecule has 0 bridgehead atoms. The Kier molecular flexibility index (Phi) is 4.87. The van der Waals surface area contributed by atoms with Crippen LogP contribution in [-0.4, -0.2) is 51.8 Å². The minimum absolute atomic E-state index is 0.0150. The molecule has 1 aromatic heterocycles. The molecule has 1 aliphatic rings. The van der Waals surface area contributed by atoms with Crippen LogP contribution in [0.4, 0.5) is 0 Å². The van der Waals surface area contributed by atoms with Crippen LogP contribution in [-0.2, 0) is 11.2 Å². The first-order valence-electron chi connectivity index (χ1n) is 6.66. The average molecular weight is 264 g/mol. The lowest BCUT2D eigenvalue weighted by atomic mass is 9.94. The molecule has 2 atom stereocenters. The Morgan fingerprint density at radius 2 is 2.37 bits per heavy atom. The zero-order valence-electron chi connectivity index (χ0n) is 10.9. The number of piperidine rings is 1. The molecule has 0 spiro atoms. The predicted octanol–water partition coefficient (Wildman–Crippen LogP) is 0.216. The van der Waals surface area contributed by atoms with Gasteiger partial charge in [0.2, 0.25) is 5.91 Å². The van der Waals surface area contributed by atoms with Gasteiger partial charge in [0.1, 0.15) is 0 Å². The van der Waals surface area contributed by atoms with E-state index in [0.717, 1.165) is 5.56 Å². The summed E-state index contributed by atoms with van der Waals surface area (Å²) in [6, 6.07) is 3.81. The van der Waals surface area contributed by atoms with Crippen LogP contribution in [0.25, 0.3) is 0 Å². The standard InChI is InChI=1S/C14H20N2O3/c17-10-12-5-7-16(9-13(12)18)14(19)4-3-11-2-1-6-15-8-11/h1-2,6,8,12-13,17-18H,3-5,7,9-10H2/t12-,13-/m1/s1. The van der Waals surface area contributed by atoms with E-state index in [1.807, 2.05) is 12.1 Å². The summed E-state index contributed by atoms with van der Waals surface area (Å²) in [5, 5.41) is 18.9. The van der Waals surface area contributed by atoms with E-state index in [1.54, 1.807) is 17.3 Å². The molecule has 5 nitrogen and oxygen atoms in total. The molecule has 0 aromatic carbocycles. The number of nitrogens with zero attached hydrogens (tertiary/aromatic N) is 2. The summed E-state index contributed by atoms with van der Waals surface area (Å²) >= 11 is 0. The summed E-state index contributed by atoms with van der Waals surface area (Å²) in [6.07, 6.45) is 4.63. The van der Waals surface area contributed by atoms with E-state index in [0.29, 0.717) is 32.4 Å². The molecule has 0 unspecified atom stereocenters. The number of rotatable bonds is 4. The van der Waals surface area contributed by atoms with Crippen molar-refractivity contribution >= 4 is 5.91 Å². The van der Waals surface area contributed by atoms with Crippen molar-refractivity contribution in [1.29, 1.82) is 0 Å². The van der Waals surface area contributed by atoms with E-state index in [-0.39, 0.29) is 18.4 Å². The molecule has 104 valence electrons. The lowest BCUT2D eigenvalue weighted by Gasteiger charge is -2.35. The monoisotopic (exact) mass is 264 g/mol. The number of aryl methyl sites for hydroxylation is 1. The number of pyridine rings is 1. The number of likely N-dealkylation sites (tertiary alicyclic amines) is 1. The lowest BCUT2D eigenvalue weighted by molar-refractivity contribution is -0.136. The maximum atomic E-state index is 12.0. The van der Waals surface area contributed by atoms with Crippen molar-refractivity contribution in [3.63, 3.8) is 0 Å². The topological polar surface area (TPSA) is 73.7 Å². The van der Waals surface area contributed by atoms with Gasteiger partial charge in [-0.3, -0.25) is 9.78 Å². The molecule has 1 aliphatic heterocycles. The highest BCUT2D eigenvalue weighted by molar-refractivity contribution is 5.76. The molecule has 1 fully saturated rings. The molecule has 19 heavy (non-hydrogen) atoms. The lowest BCUT2D eigenvalue weighted by Crippen LogP contribution is -2.47. The Labute approximate surface area is 112 Å². The van der Waals surface area contributed by atoms with Crippen molar-refractivity contribution < 1.29 is 15.0 Å². The molecule has 1 saturated heterocycles. The summed E-state index contributed by atoms with van der Waals surface area (Å²) < 4.78 is 0. The highest BCUT2D eigenvalue weighted by atomic mass is 16.3. The van der Waals surface area contributed by atoms with Crippen LogP contribution in [0.1, 0.15) is 18.4 Å². The van der Waals surface area contributed by atoms with Crippen molar-refractivity contribution in [2.75, 3.05) is 19.7 Å². The van der Waals surface area contributed by atoms with E-state index in [1.165, 1.54) is 0 Å². The van der Waals surface area contributed by atoms with Gasteiger partial charge in [0.25, 0.3) is 0 Å². The normalized spacial score (nSPS) is 23.4. The highest BCUT2D eigenvalue weighted by Crippen LogP contribution is 2.18. The zero-order chi connectivity index (χ0) is 13.7. The molecular formula is C14H20N2O3. The second-order valence-electron chi connectivity index (χ2n) is 5.00. The van der Waals surface area contributed by atoms with E-state index in [4.69, 9.17) is 5.11 Å². The maximum absolute atomic E-state index is 12.0. The number of aromatic nitrogens is 1. The number of amides is 1. The zero-order valence-corrected chi connectivity index (χ0v) is 10.9. The van der Waals surface area contributed by atoms with Crippen LogP contribution in [0, 0.1) is 5.92 Å². The molecule has 1 amide bonds. The number of hydrogen-bond donors (Lipinski definition) is 2. The Morgan fingerprint density at radius 1 is 1.53 bits per heavy atom. The van der Waals surface area contributed by atoms with Crippen LogP contribution in [0.2, 0.25) is 0 Å². The number of carbonyl (C=O) groups excluding carboxylic acids is 1. The first-order valence-corrected chi connectivity index (χ1v) is 6.66. The van der Waals surface area contributed by atoms with E-state index in [2.05, 4.69) is 4.98 Å². The Hall–Kier alpha value is -1.46. The first-order chi connectivity index (χ1) is 9.20. The van der Waals surface area contributed by atoms with Gasteiger partial charge in [-0.2, -0.15) is 0 Å². The van der Waals surface area contributed by atoms with Gasteiger partial charge in [0.15, 0.2) is 0 Å². The summed E-state index contributed by atoms with van der Waals surface area (Å²) in [5.74, 6) is -0.0401. The fourth-order valence-corrected chi connectivity index (χ4v) is 2.38. The van der Waals surface area contributed by atoms with Crippen molar-refractivity contribution in [2.45, 2.75) is 25.4 Å². The van der Waals surface area contributed by atoms with Gasteiger partial charge in [-0.1, -0.05) is 6.07 Å². The van der Waals surface area contributed by atoms with E-state index < -0.39 is 6.10 Å². The minimum Gasteiger partial charge on any atom is -0.396 e. The van der Waals surface area contributed by atoms with Crippen LogP contribution in [0.3, 0.4) is 0 Å². The molecule has 2 rings (SSSR count). The second-order valence-corrected chi connectivity index (χ2v) is 5.00. The van der Waals surface area contributed by atoms with Crippen LogP contribution in [0.5, 0.6) is 0 Å². The van der Waals surface area contributed by atoms with Crippen molar-refractivity contribution in [3.8, 4) is 0 Å². The molecule has 0 radical (unpaired) electrons. The first kappa shape index (κ1) is 14.0. The number of aliphatic hydroxyl groups is 2. The van der Waals surface area contributed by atoms with Gasteiger partial charge in [-0.25, -0.2) is 0 Å².